The summed E-state index contributed by atoms with van der Waals surface area (Å²) in [4.78, 5) is 9.54. The van der Waals surface area contributed by atoms with Gasteiger partial charge in [-0.05, 0) is 43.9 Å². The number of ether oxygens (including phenoxy) is 2. The van der Waals surface area contributed by atoms with Crippen LogP contribution in [0.3, 0.4) is 0 Å². The van der Waals surface area contributed by atoms with Gasteiger partial charge in [0.05, 0.1) is 36.4 Å². The van der Waals surface area contributed by atoms with E-state index < -0.39 is 13.1 Å². The summed E-state index contributed by atoms with van der Waals surface area (Å²) in [7, 11) is -3.41. The van der Waals surface area contributed by atoms with Crippen molar-refractivity contribution in [1.82, 2.24) is 14.5 Å². The number of hydrogen-bond acceptors (Lipinski definition) is 8. The standard InChI is InChI=1S/C32H43N4O5P/c1-5-8-16-32(4,21-39-22-42(37)40-18-25(19-41-42)24-13-11-12-23(6-2)17-24)36-28(20-38-7-3)35-29-30(36)26-14-9-10-15-27(26)34-31(29)33/h9-15,17,25H,5-8,16,18-22H2,1-4H3,(H2,33,34). The fraction of sp³-hybridized carbons (Fsp3) is 0.500. The fourth-order valence-corrected chi connectivity index (χ4v) is 7.08. The Morgan fingerprint density at radius 2 is 1.86 bits per heavy atom. The van der Waals surface area contributed by atoms with Crippen molar-refractivity contribution >= 4 is 35.3 Å². The lowest BCUT2D eigenvalue weighted by molar-refractivity contribution is 0.0464. The van der Waals surface area contributed by atoms with Crippen molar-refractivity contribution in [1.29, 1.82) is 0 Å². The number of benzene rings is 2. The van der Waals surface area contributed by atoms with Crippen molar-refractivity contribution in [2.45, 2.75) is 71.4 Å². The lowest BCUT2D eigenvalue weighted by Crippen LogP contribution is -2.37. The average Bonchev–Trinajstić information content (AvgIpc) is 3.41. The molecule has 226 valence electrons. The molecule has 3 heterocycles. The Hall–Kier alpha value is -2.81. The van der Waals surface area contributed by atoms with E-state index in [0.717, 1.165) is 53.5 Å². The summed E-state index contributed by atoms with van der Waals surface area (Å²) >= 11 is 0. The molecule has 0 bridgehead atoms. The van der Waals surface area contributed by atoms with Crippen LogP contribution in [0.4, 0.5) is 5.82 Å². The van der Waals surface area contributed by atoms with Crippen LogP contribution in [0.1, 0.15) is 69.8 Å². The van der Waals surface area contributed by atoms with Gasteiger partial charge in [0.2, 0.25) is 0 Å². The minimum absolute atomic E-state index is 0.0409. The number of imidazole rings is 1. The predicted octanol–water partition coefficient (Wildman–Crippen LogP) is 7.17. The van der Waals surface area contributed by atoms with Gasteiger partial charge in [-0.15, -0.1) is 0 Å². The zero-order valence-corrected chi connectivity index (χ0v) is 26.1. The van der Waals surface area contributed by atoms with Crippen molar-refractivity contribution < 1.29 is 23.1 Å². The molecule has 9 nitrogen and oxygen atoms in total. The zero-order chi connectivity index (χ0) is 29.7. The molecular formula is C32H43N4O5P. The second-order valence-electron chi connectivity index (χ2n) is 11.3. The van der Waals surface area contributed by atoms with Crippen LogP contribution >= 0.6 is 7.60 Å². The lowest BCUT2D eigenvalue weighted by Gasteiger charge is -2.35. The maximum Gasteiger partial charge on any atom is 0.356 e. The van der Waals surface area contributed by atoms with Gasteiger partial charge in [-0.25, -0.2) is 9.97 Å². The number of aromatic nitrogens is 3. The second-order valence-corrected chi connectivity index (χ2v) is 13.3. The third-order valence-corrected chi connectivity index (χ3v) is 9.66. The molecule has 0 aliphatic carbocycles. The first-order chi connectivity index (χ1) is 20.3. The van der Waals surface area contributed by atoms with E-state index in [1.807, 2.05) is 31.2 Å². The Kier molecular flexibility index (Phi) is 9.65. The number of unbranched alkanes of at least 4 members (excludes halogenated alkanes) is 1. The van der Waals surface area contributed by atoms with Crippen LogP contribution in [0, 0.1) is 0 Å². The summed E-state index contributed by atoms with van der Waals surface area (Å²) in [6.07, 6.45) is 3.64. The van der Waals surface area contributed by atoms with Gasteiger partial charge in [-0.2, -0.15) is 0 Å². The highest BCUT2D eigenvalue weighted by molar-refractivity contribution is 7.53. The molecule has 1 saturated heterocycles. The summed E-state index contributed by atoms with van der Waals surface area (Å²) in [5.41, 5.74) is 10.7. The Morgan fingerprint density at radius 3 is 2.60 bits per heavy atom. The van der Waals surface area contributed by atoms with Crippen LogP contribution in [-0.2, 0) is 41.7 Å². The summed E-state index contributed by atoms with van der Waals surface area (Å²) in [6.45, 7) is 10.3. The number of para-hydroxylation sites is 1. The first-order valence-electron chi connectivity index (χ1n) is 15.0. The number of hydrogen-bond donors (Lipinski definition) is 1. The monoisotopic (exact) mass is 594 g/mol. The first kappa shape index (κ1) is 30.6. The topological polar surface area (TPSA) is 111 Å². The minimum Gasteiger partial charge on any atom is -0.382 e. The number of nitrogens with zero attached hydrogens (tertiary/aromatic N) is 3. The van der Waals surface area contributed by atoms with E-state index >= 15 is 0 Å². The van der Waals surface area contributed by atoms with Gasteiger partial charge in [-0.3, -0.25) is 4.57 Å². The summed E-state index contributed by atoms with van der Waals surface area (Å²) in [5.74, 6) is 1.18. The smallest absolute Gasteiger partial charge is 0.356 e. The van der Waals surface area contributed by atoms with Crippen molar-refractivity contribution in [2.75, 3.05) is 38.5 Å². The van der Waals surface area contributed by atoms with Gasteiger partial charge >= 0.3 is 7.60 Å². The number of nitrogen functional groups attached to an aromatic ring is 1. The lowest BCUT2D eigenvalue weighted by atomic mass is 9.94. The molecule has 0 saturated carbocycles. The molecule has 5 rings (SSSR count). The van der Waals surface area contributed by atoms with E-state index in [1.165, 1.54) is 5.56 Å². The van der Waals surface area contributed by atoms with Gasteiger partial charge in [0.25, 0.3) is 0 Å². The highest BCUT2D eigenvalue weighted by Gasteiger charge is 2.37. The molecule has 0 amide bonds. The first-order valence-corrected chi connectivity index (χ1v) is 16.7. The Bertz CT molecular complexity index is 1560. The van der Waals surface area contributed by atoms with Gasteiger partial charge in [0.15, 0.2) is 5.82 Å². The molecule has 2 aromatic carbocycles. The van der Waals surface area contributed by atoms with Crippen molar-refractivity contribution in [3.05, 3.63) is 65.5 Å². The molecular weight excluding hydrogens is 551 g/mol. The van der Waals surface area contributed by atoms with Crippen molar-refractivity contribution in [3.63, 3.8) is 0 Å². The molecule has 10 heteroatoms. The molecule has 0 radical (unpaired) electrons. The number of nitrogens with two attached hydrogens (primary N) is 1. The normalized spacial score (nSPS) is 20.7. The number of anilines is 1. The number of pyridine rings is 1. The van der Waals surface area contributed by atoms with Crippen LogP contribution in [0.2, 0.25) is 0 Å². The summed E-state index contributed by atoms with van der Waals surface area (Å²) in [5, 5.41) is 0.963. The Morgan fingerprint density at radius 1 is 1.07 bits per heavy atom. The van der Waals surface area contributed by atoms with Crippen molar-refractivity contribution in [3.8, 4) is 0 Å². The maximum atomic E-state index is 13.5. The highest BCUT2D eigenvalue weighted by atomic mass is 31.2. The largest absolute Gasteiger partial charge is 0.382 e. The van der Waals surface area contributed by atoms with E-state index in [9.17, 15) is 4.57 Å². The predicted molar refractivity (Wildman–Crippen MR) is 167 cm³/mol. The SMILES string of the molecule is CCCCC(C)(COCP1(=O)OCC(c2cccc(CC)c2)CO1)n1c(COCC)nc2c(N)nc3ccccc3c21. The molecule has 2 aromatic heterocycles. The molecule has 1 aliphatic rings. The van der Waals surface area contributed by atoms with Crippen LogP contribution < -0.4 is 5.73 Å². The highest BCUT2D eigenvalue weighted by Crippen LogP contribution is 2.53. The average molecular weight is 595 g/mol. The molecule has 4 aromatic rings. The van der Waals surface area contributed by atoms with E-state index in [-0.39, 0.29) is 18.9 Å². The third kappa shape index (κ3) is 6.41. The summed E-state index contributed by atoms with van der Waals surface area (Å²) in [6, 6.07) is 16.4. The number of aryl methyl sites for hydroxylation is 1. The summed E-state index contributed by atoms with van der Waals surface area (Å²) < 4.78 is 39.5. The van der Waals surface area contributed by atoms with Crippen LogP contribution in [0.15, 0.2) is 48.5 Å². The van der Waals surface area contributed by atoms with Gasteiger partial charge in [0.1, 0.15) is 24.3 Å². The molecule has 2 N–H and O–H groups in total. The third-order valence-electron chi connectivity index (χ3n) is 8.07. The minimum atomic E-state index is -3.41. The Balaban J connectivity index is 1.40. The van der Waals surface area contributed by atoms with E-state index in [1.54, 1.807) is 0 Å². The second kappa shape index (κ2) is 13.2. The quantitative estimate of drug-likeness (QED) is 0.162. The van der Waals surface area contributed by atoms with E-state index in [2.05, 4.69) is 54.6 Å². The molecule has 42 heavy (non-hydrogen) atoms. The number of fused-ring (bicyclic) bond motifs is 3. The molecule has 1 atom stereocenters. The van der Waals surface area contributed by atoms with Gasteiger partial charge in [-0.1, -0.05) is 69.2 Å². The number of rotatable bonds is 13. The van der Waals surface area contributed by atoms with Crippen LogP contribution in [-0.4, -0.2) is 47.3 Å². The molecule has 1 aliphatic heterocycles. The molecule has 1 unspecified atom stereocenters. The fourth-order valence-electron chi connectivity index (χ4n) is 5.73. The van der Waals surface area contributed by atoms with E-state index in [4.69, 9.17) is 29.2 Å². The maximum absolute atomic E-state index is 13.5. The molecule has 0 spiro atoms. The van der Waals surface area contributed by atoms with Gasteiger partial charge < -0.3 is 28.8 Å². The molecule has 1 fully saturated rings. The van der Waals surface area contributed by atoms with Gasteiger partial charge in [0, 0.05) is 17.9 Å². The Labute approximate surface area is 248 Å². The van der Waals surface area contributed by atoms with Crippen molar-refractivity contribution in [2.24, 2.45) is 0 Å². The zero-order valence-electron chi connectivity index (χ0n) is 25.2. The van der Waals surface area contributed by atoms with E-state index in [0.29, 0.717) is 37.8 Å². The van der Waals surface area contributed by atoms with Crippen LogP contribution in [0.25, 0.3) is 21.9 Å². The van der Waals surface area contributed by atoms with Crippen LogP contribution in [0.5, 0.6) is 0 Å².